The third-order valence-electron chi connectivity index (χ3n) is 5.81. The van der Waals surface area contributed by atoms with Gasteiger partial charge in [0.2, 0.25) is 0 Å². The van der Waals surface area contributed by atoms with Crippen LogP contribution < -0.4 is 5.32 Å². The van der Waals surface area contributed by atoms with Gasteiger partial charge in [-0.05, 0) is 55.5 Å². The fraction of sp³-hybridized carbons (Fsp3) is 0.320. The van der Waals surface area contributed by atoms with E-state index in [1.165, 1.54) is 26.5 Å². The second kappa shape index (κ2) is 10.0. The average Bonchev–Trinajstić information content (AvgIpc) is 3.09. The maximum Gasteiger partial charge on any atom is 0.256 e. The summed E-state index contributed by atoms with van der Waals surface area (Å²) in [5.41, 5.74) is 4.37. The number of benzene rings is 2. The Bertz CT molecular complexity index is 1030. The summed E-state index contributed by atoms with van der Waals surface area (Å²) in [6, 6.07) is 18.3. The van der Waals surface area contributed by atoms with E-state index in [1.807, 2.05) is 30.3 Å². The van der Waals surface area contributed by atoms with Gasteiger partial charge in [0.05, 0.1) is 19.3 Å². The van der Waals surface area contributed by atoms with Gasteiger partial charge >= 0.3 is 0 Å². The number of hydrogen-bond donors (Lipinski definition) is 1. The van der Waals surface area contributed by atoms with Gasteiger partial charge in [-0.25, -0.2) is 0 Å². The number of thioether (sulfide) groups is 1. The van der Waals surface area contributed by atoms with Crippen molar-refractivity contribution < 1.29 is 9.53 Å². The molecule has 3 aromatic rings. The summed E-state index contributed by atoms with van der Waals surface area (Å²) in [4.78, 5) is 17.9. The average molecular weight is 453 g/mol. The molecule has 6 heteroatoms. The van der Waals surface area contributed by atoms with Gasteiger partial charge in [0.25, 0.3) is 5.91 Å². The molecule has 0 spiro atoms. The molecule has 1 aromatic heterocycles. The first-order valence-electron chi connectivity index (χ1n) is 10.5. The number of hydrogen-bond acceptors (Lipinski definition) is 5. The second-order valence-corrected chi connectivity index (χ2v) is 9.77. The number of morpholine rings is 1. The van der Waals surface area contributed by atoms with Crippen molar-refractivity contribution >= 4 is 34.0 Å². The number of carbonyl (C=O) groups excluding carboxylic acids is 1. The molecule has 1 saturated heterocycles. The number of rotatable bonds is 6. The first-order chi connectivity index (χ1) is 15.1. The standard InChI is InChI=1S/C25H28N2O2S2/c1-17-18(2)31-25(26-24(28)20-7-5-4-6-8-20)22(17)23(27-13-15-29-16-14-27)19-9-11-21(30-3)12-10-19/h4-12,23H,13-16H2,1-3H3,(H,26,28)/t23-/m0/s1. The molecule has 2 aromatic carbocycles. The van der Waals surface area contributed by atoms with Crippen LogP contribution in [0.1, 0.15) is 38.0 Å². The van der Waals surface area contributed by atoms with E-state index < -0.39 is 0 Å². The van der Waals surface area contributed by atoms with Gasteiger partial charge < -0.3 is 10.1 Å². The van der Waals surface area contributed by atoms with Crippen LogP contribution in [0.5, 0.6) is 0 Å². The van der Waals surface area contributed by atoms with Gasteiger partial charge in [-0.3, -0.25) is 9.69 Å². The molecule has 1 fully saturated rings. The van der Waals surface area contributed by atoms with Gasteiger partial charge in [0.1, 0.15) is 5.00 Å². The Morgan fingerprint density at radius 3 is 2.39 bits per heavy atom. The third-order valence-corrected chi connectivity index (χ3v) is 7.69. The van der Waals surface area contributed by atoms with Crippen molar-refractivity contribution in [1.82, 2.24) is 4.90 Å². The van der Waals surface area contributed by atoms with E-state index >= 15 is 0 Å². The molecular weight excluding hydrogens is 424 g/mol. The van der Waals surface area contributed by atoms with Gasteiger partial charge in [-0.2, -0.15) is 0 Å². The van der Waals surface area contributed by atoms with Crippen LogP contribution in [0.25, 0.3) is 0 Å². The van der Waals surface area contributed by atoms with Crippen molar-refractivity contribution in [2.24, 2.45) is 0 Å². The van der Waals surface area contributed by atoms with Crippen molar-refractivity contribution in [2.45, 2.75) is 24.8 Å². The lowest BCUT2D eigenvalue weighted by molar-refractivity contribution is 0.0240. The molecule has 0 aliphatic carbocycles. The van der Waals surface area contributed by atoms with Crippen LogP contribution >= 0.6 is 23.1 Å². The van der Waals surface area contributed by atoms with E-state index in [0.29, 0.717) is 5.56 Å². The van der Waals surface area contributed by atoms with E-state index in [1.54, 1.807) is 23.1 Å². The molecule has 4 nitrogen and oxygen atoms in total. The monoisotopic (exact) mass is 452 g/mol. The summed E-state index contributed by atoms with van der Waals surface area (Å²) in [5.74, 6) is -0.0680. The van der Waals surface area contributed by atoms with Gasteiger partial charge in [-0.1, -0.05) is 30.3 Å². The van der Waals surface area contributed by atoms with Crippen LogP contribution in [0, 0.1) is 13.8 Å². The topological polar surface area (TPSA) is 41.6 Å². The predicted molar refractivity (Wildman–Crippen MR) is 131 cm³/mol. The summed E-state index contributed by atoms with van der Waals surface area (Å²) < 4.78 is 5.63. The highest BCUT2D eigenvalue weighted by atomic mass is 32.2. The summed E-state index contributed by atoms with van der Waals surface area (Å²) in [7, 11) is 0. The Hall–Kier alpha value is -2.12. The molecule has 162 valence electrons. The molecule has 1 N–H and O–H groups in total. The van der Waals surface area contributed by atoms with Crippen LogP contribution in [-0.2, 0) is 4.74 Å². The Morgan fingerprint density at radius 2 is 1.74 bits per heavy atom. The summed E-state index contributed by atoms with van der Waals surface area (Å²) in [6.07, 6.45) is 2.10. The minimum Gasteiger partial charge on any atom is -0.379 e. The van der Waals surface area contributed by atoms with Crippen molar-refractivity contribution in [3.8, 4) is 0 Å². The highest BCUT2D eigenvalue weighted by Gasteiger charge is 2.30. The predicted octanol–water partition coefficient (Wildman–Crippen LogP) is 5.76. The quantitative estimate of drug-likeness (QED) is 0.483. The van der Waals surface area contributed by atoms with E-state index in [0.717, 1.165) is 31.3 Å². The number of nitrogens with zero attached hydrogens (tertiary/aromatic N) is 1. The highest BCUT2D eigenvalue weighted by molar-refractivity contribution is 7.98. The van der Waals surface area contributed by atoms with Crippen molar-refractivity contribution in [3.05, 3.63) is 81.7 Å². The maximum atomic E-state index is 13.0. The Morgan fingerprint density at radius 1 is 1.06 bits per heavy atom. The minimum atomic E-state index is -0.0680. The summed E-state index contributed by atoms with van der Waals surface area (Å²) in [6.45, 7) is 7.50. The van der Waals surface area contributed by atoms with Crippen molar-refractivity contribution in [1.29, 1.82) is 0 Å². The van der Waals surface area contributed by atoms with Crippen LogP contribution in [0.2, 0.25) is 0 Å². The van der Waals surface area contributed by atoms with E-state index in [2.05, 4.69) is 54.6 Å². The Kier molecular flexibility index (Phi) is 7.13. The molecule has 4 rings (SSSR count). The van der Waals surface area contributed by atoms with E-state index in [9.17, 15) is 4.79 Å². The first kappa shape index (κ1) is 22.1. The number of aryl methyl sites for hydroxylation is 1. The fourth-order valence-electron chi connectivity index (χ4n) is 4.01. The smallest absolute Gasteiger partial charge is 0.256 e. The normalized spacial score (nSPS) is 15.6. The molecule has 1 aliphatic heterocycles. The third kappa shape index (κ3) is 4.88. The molecule has 1 atom stereocenters. The molecule has 0 radical (unpaired) electrons. The lowest BCUT2D eigenvalue weighted by Gasteiger charge is -2.35. The molecule has 0 bridgehead atoms. The Labute approximate surface area is 192 Å². The van der Waals surface area contributed by atoms with Crippen LogP contribution in [-0.4, -0.2) is 43.4 Å². The molecule has 1 amide bonds. The molecular formula is C25H28N2O2S2. The number of carbonyl (C=O) groups is 1. The number of ether oxygens (including phenoxy) is 1. The Balaban J connectivity index is 1.75. The van der Waals surface area contributed by atoms with Crippen LogP contribution in [0.4, 0.5) is 5.00 Å². The fourth-order valence-corrected chi connectivity index (χ4v) is 5.51. The zero-order chi connectivity index (χ0) is 21.8. The second-order valence-electron chi connectivity index (χ2n) is 7.67. The zero-order valence-electron chi connectivity index (χ0n) is 18.2. The van der Waals surface area contributed by atoms with E-state index in [4.69, 9.17) is 4.74 Å². The summed E-state index contributed by atoms with van der Waals surface area (Å²) in [5, 5.41) is 4.16. The van der Waals surface area contributed by atoms with Gasteiger partial charge in [-0.15, -0.1) is 23.1 Å². The largest absolute Gasteiger partial charge is 0.379 e. The lowest BCUT2D eigenvalue weighted by Crippen LogP contribution is -2.39. The number of anilines is 1. The van der Waals surface area contributed by atoms with Gasteiger partial charge in [0, 0.05) is 34.0 Å². The van der Waals surface area contributed by atoms with Gasteiger partial charge in [0.15, 0.2) is 0 Å². The lowest BCUT2D eigenvalue weighted by atomic mass is 9.94. The van der Waals surface area contributed by atoms with Crippen LogP contribution in [0.15, 0.2) is 59.5 Å². The number of amides is 1. The molecule has 31 heavy (non-hydrogen) atoms. The zero-order valence-corrected chi connectivity index (χ0v) is 19.8. The summed E-state index contributed by atoms with van der Waals surface area (Å²) >= 11 is 3.41. The molecule has 0 saturated carbocycles. The van der Waals surface area contributed by atoms with E-state index in [-0.39, 0.29) is 11.9 Å². The first-order valence-corrected chi connectivity index (χ1v) is 12.5. The molecule has 1 aliphatic rings. The van der Waals surface area contributed by atoms with Crippen molar-refractivity contribution in [2.75, 3.05) is 37.9 Å². The van der Waals surface area contributed by atoms with Crippen LogP contribution in [0.3, 0.4) is 0 Å². The SMILES string of the molecule is CSc1ccc([C@@H](c2c(NC(=O)c3ccccc3)sc(C)c2C)N2CCOCC2)cc1. The minimum absolute atomic E-state index is 0.0680. The highest BCUT2D eigenvalue weighted by Crippen LogP contribution is 2.42. The molecule has 2 heterocycles. The van der Waals surface area contributed by atoms with Crippen molar-refractivity contribution in [3.63, 3.8) is 0 Å². The maximum absolute atomic E-state index is 13.0. The number of nitrogens with one attached hydrogen (secondary N) is 1. The molecule has 0 unspecified atom stereocenters. The number of thiophene rings is 1.